The zero-order valence-corrected chi connectivity index (χ0v) is 20.2. The fourth-order valence-electron chi connectivity index (χ4n) is 10.2. The van der Waals surface area contributed by atoms with Gasteiger partial charge in [0.2, 0.25) is 0 Å². The van der Waals surface area contributed by atoms with Crippen LogP contribution in [0, 0.1) is 23.2 Å². The van der Waals surface area contributed by atoms with E-state index in [0.717, 1.165) is 45.1 Å². The van der Waals surface area contributed by atoms with Crippen LogP contribution in [0.3, 0.4) is 0 Å². The Kier molecular flexibility index (Phi) is 4.15. The third-order valence-corrected chi connectivity index (χ3v) is 11.4. The van der Waals surface area contributed by atoms with Crippen LogP contribution in [0.15, 0.2) is 18.2 Å². The summed E-state index contributed by atoms with van der Waals surface area (Å²) in [6, 6.07) is 7.58. The van der Waals surface area contributed by atoms with Crippen LogP contribution < -0.4 is 5.32 Å². The third-order valence-electron chi connectivity index (χ3n) is 11.4. The lowest BCUT2D eigenvalue weighted by Crippen LogP contribution is -2.70. The Bertz CT molecular complexity index is 1040. The summed E-state index contributed by atoms with van der Waals surface area (Å²) in [6.45, 7) is 6.93. The number of fused-ring (bicyclic) bond motifs is 1. The maximum absolute atomic E-state index is 13.7. The molecular weight excluding hydrogens is 424 g/mol. The number of nitrogens with zero attached hydrogens (tertiary/aromatic N) is 3. The lowest BCUT2D eigenvalue weighted by Gasteiger charge is -2.66. The van der Waals surface area contributed by atoms with Gasteiger partial charge in [-0.2, -0.15) is 0 Å². The average molecular weight is 463 g/mol. The quantitative estimate of drug-likeness (QED) is 0.710. The van der Waals surface area contributed by atoms with E-state index in [1.807, 2.05) is 6.07 Å². The molecule has 0 radical (unpaired) electrons. The van der Waals surface area contributed by atoms with E-state index >= 15 is 0 Å². The Labute approximate surface area is 202 Å². The van der Waals surface area contributed by atoms with Crippen molar-refractivity contribution >= 4 is 6.03 Å². The Morgan fingerprint density at radius 3 is 2.79 bits per heavy atom. The van der Waals surface area contributed by atoms with Gasteiger partial charge >= 0.3 is 6.03 Å². The van der Waals surface area contributed by atoms with Gasteiger partial charge in [0.25, 0.3) is 0 Å². The molecular formula is C28H38N4O2. The molecule has 34 heavy (non-hydrogen) atoms. The molecule has 1 aromatic carbocycles. The highest BCUT2D eigenvalue weighted by Crippen LogP contribution is 2.75. The highest BCUT2D eigenvalue weighted by atomic mass is 16.3. The molecule has 3 saturated carbocycles. The molecule has 3 saturated heterocycles. The van der Waals surface area contributed by atoms with E-state index in [0.29, 0.717) is 41.1 Å². The number of benzene rings is 1. The fourth-order valence-corrected chi connectivity index (χ4v) is 10.2. The highest BCUT2D eigenvalue weighted by Gasteiger charge is 2.76. The van der Waals surface area contributed by atoms with Crippen LogP contribution >= 0.6 is 0 Å². The first kappa shape index (κ1) is 20.4. The number of phenolic OH excluding ortho intramolecular Hbond substituents is 1. The van der Waals surface area contributed by atoms with E-state index in [-0.39, 0.29) is 5.41 Å². The SMILES string of the molecule is O=C(N1CCNCC1)N1C[C@H]2C[C@@]34CCC1C2[C@@]31CCN(CC2CC2)[C@@H]4Cc2ccc(O)cc21. The minimum Gasteiger partial charge on any atom is -0.508 e. The average Bonchev–Trinajstić information content (AvgIpc) is 3.55. The minimum atomic E-state index is 0.135. The number of aromatic hydroxyl groups is 1. The molecule has 6 heteroatoms. The van der Waals surface area contributed by atoms with Crippen LogP contribution in [-0.4, -0.2) is 83.7 Å². The molecule has 7 aliphatic rings. The summed E-state index contributed by atoms with van der Waals surface area (Å²) >= 11 is 0. The van der Waals surface area contributed by atoms with Gasteiger partial charge in [-0.15, -0.1) is 0 Å². The van der Waals surface area contributed by atoms with Crippen molar-refractivity contribution in [1.29, 1.82) is 0 Å². The van der Waals surface area contributed by atoms with E-state index in [1.54, 1.807) is 0 Å². The summed E-state index contributed by atoms with van der Waals surface area (Å²) in [4.78, 5) is 21.0. The van der Waals surface area contributed by atoms with Crippen molar-refractivity contribution in [2.45, 2.75) is 62.4 Å². The molecule has 1 aromatic rings. The van der Waals surface area contributed by atoms with Crippen molar-refractivity contribution < 1.29 is 9.90 Å². The predicted molar refractivity (Wildman–Crippen MR) is 130 cm³/mol. The lowest BCUT2D eigenvalue weighted by molar-refractivity contribution is -0.102. The summed E-state index contributed by atoms with van der Waals surface area (Å²) in [6.07, 6.45) is 8.89. The number of phenols is 1. The number of likely N-dealkylation sites (tertiary alicyclic amines) is 2. The Hall–Kier alpha value is -1.79. The van der Waals surface area contributed by atoms with E-state index in [9.17, 15) is 9.90 Å². The monoisotopic (exact) mass is 462 g/mol. The first-order valence-corrected chi connectivity index (χ1v) is 13.9. The molecule has 2 N–H and O–H groups in total. The number of piperidine rings is 1. The van der Waals surface area contributed by atoms with Gasteiger partial charge in [-0.1, -0.05) is 6.07 Å². The largest absolute Gasteiger partial charge is 0.508 e. The van der Waals surface area contributed by atoms with E-state index in [4.69, 9.17) is 0 Å². The first-order valence-electron chi connectivity index (χ1n) is 13.9. The van der Waals surface area contributed by atoms with Gasteiger partial charge in [-0.25, -0.2) is 4.79 Å². The van der Waals surface area contributed by atoms with E-state index < -0.39 is 0 Å². The molecule has 6 nitrogen and oxygen atoms in total. The normalized spacial score (nSPS) is 42.5. The number of carbonyl (C=O) groups excluding carboxylic acids is 1. The molecule has 3 aliphatic heterocycles. The maximum Gasteiger partial charge on any atom is 0.320 e. The molecule has 2 unspecified atom stereocenters. The van der Waals surface area contributed by atoms with Crippen LogP contribution in [0.2, 0.25) is 0 Å². The molecule has 182 valence electrons. The molecule has 3 heterocycles. The van der Waals surface area contributed by atoms with Gasteiger partial charge < -0.3 is 20.2 Å². The number of hydrogen-bond acceptors (Lipinski definition) is 4. The van der Waals surface area contributed by atoms with Gasteiger partial charge in [0.15, 0.2) is 0 Å². The van der Waals surface area contributed by atoms with E-state index in [2.05, 4.69) is 32.1 Å². The number of piperazine rings is 1. The number of carbonyl (C=O) groups is 1. The van der Waals surface area contributed by atoms with Crippen molar-refractivity contribution in [3.05, 3.63) is 29.3 Å². The second-order valence-electron chi connectivity index (χ2n) is 12.6. The van der Waals surface area contributed by atoms with Crippen molar-refractivity contribution in [1.82, 2.24) is 20.0 Å². The van der Waals surface area contributed by atoms with Crippen LogP contribution in [0.1, 0.15) is 49.7 Å². The fraction of sp³-hybridized carbons (Fsp3) is 0.750. The highest BCUT2D eigenvalue weighted by molar-refractivity contribution is 5.76. The predicted octanol–water partition coefficient (Wildman–Crippen LogP) is 2.80. The van der Waals surface area contributed by atoms with Crippen LogP contribution in [0.5, 0.6) is 5.75 Å². The Morgan fingerprint density at radius 2 is 1.97 bits per heavy atom. The third kappa shape index (κ3) is 2.47. The van der Waals surface area contributed by atoms with Gasteiger partial charge in [0.1, 0.15) is 5.75 Å². The number of hydrogen-bond donors (Lipinski definition) is 2. The van der Waals surface area contributed by atoms with E-state index in [1.165, 1.54) is 62.7 Å². The van der Waals surface area contributed by atoms with Crippen molar-refractivity contribution in [3.8, 4) is 5.75 Å². The van der Waals surface area contributed by atoms with Gasteiger partial charge in [0, 0.05) is 56.8 Å². The van der Waals surface area contributed by atoms with Crippen molar-refractivity contribution in [2.75, 3.05) is 45.8 Å². The molecule has 0 aromatic heterocycles. The Balaban J connectivity index is 1.22. The van der Waals surface area contributed by atoms with Crippen LogP contribution in [-0.2, 0) is 11.8 Å². The summed E-state index contributed by atoms with van der Waals surface area (Å²) in [5.74, 6) is 2.51. The summed E-state index contributed by atoms with van der Waals surface area (Å²) in [7, 11) is 0. The second kappa shape index (κ2) is 6.91. The minimum absolute atomic E-state index is 0.135. The lowest BCUT2D eigenvalue weighted by atomic mass is 9.43. The molecule has 6 fully saturated rings. The maximum atomic E-state index is 13.7. The van der Waals surface area contributed by atoms with Gasteiger partial charge in [-0.3, -0.25) is 4.90 Å². The Morgan fingerprint density at radius 1 is 1.12 bits per heavy atom. The van der Waals surface area contributed by atoms with Crippen molar-refractivity contribution in [2.24, 2.45) is 23.2 Å². The summed E-state index contributed by atoms with van der Waals surface area (Å²) in [5.41, 5.74) is 3.41. The zero-order chi connectivity index (χ0) is 22.7. The number of urea groups is 1. The molecule has 4 bridgehead atoms. The van der Waals surface area contributed by atoms with Gasteiger partial charge in [-0.05, 0) is 97.9 Å². The van der Waals surface area contributed by atoms with Crippen LogP contribution in [0.25, 0.3) is 0 Å². The van der Waals surface area contributed by atoms with Crippen molar-refractivity contribution in [3.63, 3.8) is 0 Å². The number of nitrogens with one attached hydrogen (secondary N) is 1. The van der Waals surface area contributed by atoms with Gasteiger partial charge in [0.05, 0.1) is 0 Å². The molecule has 0 spiro atoms. The first-order chi connectivity index (χ1) is 16.6. The standard InChI is InChI=1S/C28H38N4O2/c33-21-4-3-19-13-24-27-6-5-23-25(20(15-27)17-32(23)26(34)30-11-8-29-9-12-30)28(27,22(19)14-21)7-10-31(24)16-18-1-2-18/h3-4,14,18,20,23-25,29,33H,1-2,5-13,15-17H2/t20-,23?,24-,25?,27-,28+/m1/s1. The summed E-state index contributed by atoms with van der Waals surface area (Å²) < 4.78 is 0. The molecule has 8 rings (SSSR count). The smallest absolute Gasteiger partial charge is 0.320 e. The summed E-state index contributed by atoms with van der Waals surface area (Å²) in [5, 5.41) is 14.0. The second-order valence-corrected chi connectivity index (χ2v) is 12.6. The molecule has 4 aliphatic carbocycles. The zero-order valence-electron chi connectivity index (χ0n) is 20.2. The molecule has 6 atom stereocenters. The van der Waals surface area contributed by atoms with Crippen LogP contribution in [0.4, 0.5) is 4.79 Å². The number of amides is 2. The molecule has 2 amide bonds. The number of rotatable bonds is 2. The topological polar surface area (TPSA) is 59.1 Å².